The van der Waals surface area contributed by atoms with Gasteiger partial charge in [-0.2, -0.15) is 5.26 Å². The molecule has 0 bridgehead atoms. The van der Waals surface area contributed by atoms with E-state index >= 15 is 0 Å². The van der Waals surface area contributed by atoms with Crippen molar-refractivity contribution in [3.05, 3.63) is 0 Å². The van der Waals surface area contributed by atoms with Crippen molar-refractivity contribution in [3.8, 4) is 6.07 Å². The number of nitriles is 1. The molecule has 1 aliphatic heterocycles. The van der Waals surface area contributed by atoms with Gasteiger partial charge in [0.05, 0.1) is 12.5 Å². The molecule has 0 aromatic rings. The van der Waals surface area contributed by atoms with E-state index in [4.69, 9.17) is 5.26 Å². The third kappa shape index (κ3) is 4.93. The molecule has 4 heteroatoms. The molecule has 2 unspecified atom stereocenters. The summed E-state index contributed by atoms with van der Waals surface area (Å²) in [6.45, 7) is 7.64. The van der Waals surface area contributed by atoms with Gasteiger partial charge in [-0.1, -0.05) is 6.92 Å². The molecular weight excluding hydrogens is 200 g/mol. The molecule has 0 aromatic heterocycles. The maximum Gasteiger partial charge on any atom is 0.0638 e. The largest absolute Gasteiger partial charge is 0.311 e. The molecule has 0 saturated carbocycles. The second kappa shape index (κ2) is 6.85. The Bertz CT molecular complexity index is 234. The van der Waals surface area contributed by atoms with Gasteiger partial charge in [-0.15, -0.1) is 0 Å². The van der Waals surface area contributed by atoms with E-state index in [1.807, 2.05) is 0 Å². The Morgan fingerprint density at radius 3 is 2.81 bits per heavy atom. The molecule has 0 spiro atoms. The third-order valence-electron chi connectivity index (χ3n) is 3.00. The molecule has 1 fully saturated rings. The summed E-state index contributed by atoms with van der Waals surface area (Å²) < 4.78 is 0. The molecule has 16 heavy (non-hydrogen) atoms. The molecule has 0 aromatic carbocycles. The molecule has 0 radical (unpaired) electrons. The first-order chi connectivity index (χ1) is 7.61. The van der Waals surface area contributed by atoms with Gasteiger partial charge in [0.1, 0.15) is 0 Å². The Morgan fingerprint density at radius 2 is 2.19 bits per heavy atom. The van der Waals surface area contributed by atoms with Gasteiger partial charge in [-0.05, 0) is 26.6 Å². The lowest BCUT2D eigenvalue weighted by molar-refractivity contribution is 0.222. The van der Waals surface area contributed by atoms with Crippen molar-refractivity contribution in [3.63, 3.8) is 0 Å². The fourth-order valence-electron chi connectivity index (χ4n) is 2.09. The van der Waals surface area contributed by atoms with Crippen molar-refractivity contribution in [1.29, 1.82) is 5.26 Å². The number of rotatable bonds is 4. The van der Waals surface area contributed by atoms with E-state index in [1.165, 1.54) is 0 Å². The van der Waals surface area contributed by atoms with Crippen LogP contribution in [0.5, 0.6) is 0 Å². The summed E-state index contributed by atoms with van der Waals surface area (Å²) in [5, 5.41) is 12.2. The lowest BCUT2D eigenvalue weighted by atomic mass is 10.2. The smallest absolute Gasteiger partial charge is 0.0638 e. The Labute approximate surface area is 99.2 Å². The average molecular weight is 224 g/mol. The summed E-state index contributed by atoms with van der Waals surface area (Å²) in [7, 11) is 4.21. The highest BCUT2D eigenvalue weighted by Gasteiger charge is 2.20. The molecule has 0 aliphatic carbocycles. The molecule has 1 aliphatic rings. The number of hydrogen-bond donors (Lipinski definition) is 1. The average Bonchev–Trinajstić information content (AvgIpc) is 2.38. The van der Waals surface area contributed by atoms with Gasteiger partial charge in [0.2, 0.25) is 0 Å². The number of nitrogens with zero attached hydrogens (tertiary/aromatic N) is 3. The van der Waals surface area contributed by atoms with Crippen molar-refractivity contribution in [2.75, 3.05) is 46.8 Å². The lowest BCUT2D eigenvalue weighted by Gasteiger charge is -2.25. The summed E-state index contributed by atoms with van der Waals surface area (Å²) in [6, 6.07) is 2.61. The Balaban J connectivity index is 2.43. The molecule has 4 nitrogen and oxygen atoms in total. The van der Waals surface area contributed by atoms with E-state index < -0.39 is 0 Å². The second-order valence-corrected chi connectivity index (χ2v) is 5.14. The first-order valence-electron chi connectivity index (χ1n) is 6.09. The van der Waals surface area contributed by atoms with E-state index in [0.717, 1.165) is 32.7 Å². The topological polar surface area (TPSA) is 42.3 Å². The standard InChI is InChI=1S/C12H24N4/c1-11-8-14-12(4-5-13)10-16(9-11)7-6-15(2)3/h11-12,14H,4,6-10H2,1-3H3. The van der Waals surface area contributed by atoms with Crippen molar-refractivity contribution in [1.82, 2.24) is 15.1 Å². The molecule has 92 valence electrons. The minimum absolute atomic E-state index is 0.345. The van der Waals surface area contributed by atoms with Gasteiger partial charge in [-0.25, -0.2) is 0 Å². The Kier molecular flexibility index (Phi) is 5.75. The zero-order chi connectivity index (χ0) is 12.0. The molecule has 1 N–H and O–H groups in total. The monoisotopic (exact) mass is 224 g/mol. The minimum Gasteiger partial charge on any atom is -0.311 e. The van der Waals surface area contributed by atoms with Crippen LogP contribution in [0.4, 0.5) is 0 Å². The van der Waals surface area contributed by atoms with Crippen LogP contribution in [0.25, 0.3) is 0 Å². The molecule has 1 saturated heterocycles. The number of nitrogens with one attached hydrogen (secondary N) is 1. The second-order valence-electron chi connectivity index (χ2n) is 5.14. The fourth-order valence-corrected chi connectivity index (χ4v) is 2.09. The highest BCUT2D eigenvalue weighted by atomic mass is 15.2. The fraction of sp³-hybridized carbons (Fsp3) is 0.917. The van der Waals surface area contributed by atoms with E-state index in [0.29, 0.717) is 18.4 Å². The Hall–Kier alpha value is -0.630. The normalized spacial score (nSPS) is 27.7. The van der Waals surface area contributed by atoms with Crippen LogP contribution in [0.1, 0.15) is 13.3 Å². The molecular formula is C12H24N4. The lowest BCUT2D eigenvalue weighted by Crippen LogP contribution is -2.40. The van der Waals surface area contributed by atoms with Crippen LogP contribution < -0.4 is 5.32 Å². The van der Waals surface area contributed by atoms with Crippen LogP contribution in [-0.2, 0) is 0 Å². The van der Waals surface area contributed by atoms with E-state index in [1.54, 1.807) is 0 Å². The maximum absolute atomic E-state index is 8.76. The van der Waals surface area contributed by atoms with Gasteiger partial charge in [-0.3, -0.25) is 0 Å². The quantitative estimate of drug-likeness (QED) is 0.749. The third-order valence-corrected chi connectivity index (χ3v) is 3.00. The van der Waals surface area contributed by atoms with Crippen LogP contribution in [0.3, 0.4) is 0 Å². The van der Waals surface area contributed by atoms with Crippen LogP contribution in [-0.4, -0.2) is 62.7 Å². The van der Waals surface area contributed by atoms with Crippen LogP contribution in [0, 0.1) is 17.2 Å². The molecule has 2 atom stereocenters. The van der Waals surface area contributed by atoms with Gasteiger partial charge in [0.15, 0.2) is 0 Å². The van der Waals surface area contributed by atoms with Crippen molar-refractivity contribution < 1.29 is 0 Å². The van der Waals surface area contributed by atoms with E-state index in [2.05, 4.69) is 42.2 Å². The summed E-state index contributed by atoms with van der Waals surface area (Å²) >= 11 is 0. The highest BCUT2D eigenvalue weighted by Crippen LogP contribution is 2.07. The molecule has 1 rings (SSSR count). The van der Waals surface area contributed by atoms with Gasteiger partial charge < -0.3 is 15.1 Å². The van der Waals surface area contributed by atoms with E-state index in [-0.39, 0.29) is 0 Å². The zero-order valence-corrected chi connectivity index (χ0v) is 10.7. The minimum atomic E-state index is 0.345. The van der Waals surface area contributed by atoms with Crippen LogP contribution in [0.2, 0.25) is 0 Å². The van der Waals surface area contributed by atoms with Crippen LogP contribution in [0.15, 0.2) is 0 Å². The zero-order valence-electron chi connectivity index (χ0n) is 10.7. The van der Waals surface area contributed by atoms with Gasteiger partial charge in [0.25, 0.3) is 0 Å². The van der Waals surface area contributed by atoms with Crippen molar-refractivity contribution in [2.24, 2.45) is 5.92 Å². The number of likely N-dealkylation sites (N-methyl/N-ethyl adjacent to an activating group) is 1. The summed E-state index contributed by atoms with van der Waals surface area (Å²) in [4.78, 5) is 4.69. The first-order valence-corrected chi connectivity index (χ1v) is 6.09. The Morgan fingerprint density at radius 1 is 1.44 bits per heavy atom. The van der Waals surface area contributed by atoms with Crippen molar-refractivity contribution in [2.45, 2.75) is 19.4 Å². The first kappa shape index (κ1) is 13.4. The van der Waals surface area contributed by atoms with Gasteiger partial charge in [0, 0.05) is 32.2 Å². The summed E-state index contributed by atoms with van der Waals surface area (Å²) in [5.41, 5.74) is 0. The number of hydrogen-bond acceptors (Lipinski definition) is 4. The van der Waals surface area contributed by atoms with Crippen molar-refractivity contribution >= 4 is 0 Å². The SMILES string of the molecule is CC1CNC(CC#N)CN(CCN(C)C)C1. The highest BCUT2D eigenvalue weighted by molar-refractivity contribution is 4.86. The predicted octanol–water partition coefficient (Wildman–Crippen LogP) is 0.372. The van der Waals surface area contributed by atoms with Gasteiger partial charge >= 0.3 is 0 Å². The van der Waals surface area contributed by atoms with Crippen LogP contribution >= 0.6 is 0 Å². The molecule has 0 amide bonds. The summed E-state index contributed by atoms with van der Waals surface area (Å²) in [6.07, 6.45) is 0.616. The summed E-state index contributed by atoms with van der Waals surface area (Å²) in [5.74, 6) is 0.672. The van der Waals surface area contributed by atoms with E-state index in [9.17, 15) is 0 Å². The molecule has 1 heterocycles. The predicted molar refractivity (Wildman–Crippen MR) is 66.2 cm³/mol. The maximum atomic E-state index is 8.76.